The van der Waals surface area contributed by atoms with Crippen LogP contribution in [0.15, 0.2) is 11.4 Å². The van der Waals surface area contributed by atoms with Gasteiger partial charge in [-0.05, 0) is 30.4 Å². The maximum atomic E-state index is 4.76. The molecule has 3 rings (SSSR count). The van der Waals surface area contributed by atoms with E-state index in [1.165, 1.54) is 10.4 Å². The van der Waals surface area contributed by atoms with Gasteiger partial charge < -0.3 is 10.2 Å². The molecular formula is C15H20N4S. The van der Waals surface area contributed by atoms with E-state index in [-0.39, 0.29) is 0 Å². The van der Waals surface area contributed by atoms with E-state index in [4.69, 9.17) is 4.98 Å². The first kappa shape index (κ1) is 13.4. The van der Waals surface area contributed by atoms with Crippen molar-refractivity contribution in [2.24, 2.45) is 0 Å². The zero-order valence-corrected chi connectivity index (χ0v) is 13.0. The van der Waals surface area contributed by atoms with E-state index < -0.39 is 0 Å². The molecule has 0 radical (unpaired) electrons. The third kappa shape index (κ3) is 2.26. The number of aromatic nitrogens is 2. The summed E-state index contributed by atoms with van der Waals surface area (Å²) < 4.78 is 0. The number of rotatable bonds is 3. The standard InChI is InChI=1S/C15H20N4S/c1-4-13-17-14(16-3)10(2)15(18-13)19-7-5-12-11(9-19)6-8-20-12/h6,8H,4-5,7,9H2,1-3H3,(H,16,17,18). The van der Waals surface area contributed by atoms with Crippen LogP contribution < -0.4 is 10.2 Å². The Bertz CT molecular complexity index is 620. The van der Waals surface area contributed by atoms with Gasteiger partial charge in [0, 0.05) is 37.0 Å². The minimum atomic E-state index is 0.861. The fraction of sp³-hybridized carbons (Fsp3) is 0.467. The van der Waals surface area contributed by atoms with Crippen molar-refractivity contribution in [2.45, 2.75) is 33.2 Å². The average molecular weight is 288 g/mol. The number of thiophene rings is 1. The van der Waals surface area contributed by atoms with E-state index >= 15 is 0 Å². The summed E-state index contributed by atoms with van der Waals surface area (Å²) in [6.07, 6.45) is 1.98. The molecular weight excluding hydrogens is 268 g/mol. The molecule has 1 aliphatic rings. The highest BCUT2D eigenvalue weighted by molar-refractivity contribution is 7.10. The van der Waals surface area contributed by atoms with Crippen molar-refractivity contribution in [3.05, 3.63) is 33.3 Å². The minimum absolute atomic E-state index is 0.861. The van der Waals surface area contributed by atoms with Gasteiger partial charge in [0.15, 0.2) is 0 Å². The quantitative estimate of drug-likeness (QED) is 0.942. The predicted molar refractivity (Wildman–Crippen MR) is 84.8 cm³/mol. The molecule has 106 valence electrons. The lowest BCUT2D eigenvalue weighted by Gasteiger charge is -2.30. The summed E-state index contributed by atoms with van der Waals surface area (Å²) >= 11 is 1.87. The largest absolute Gasteiger partial charge is 0.373 e. The molecule has 0 fully saturated rings. The van der Waals surface area contributed by atoms with E-state index in [0.717, 1.165) is 49.0 Å². The molecule has 2 aromatic heterocycles. The highest BCUT2D eigenvalue weighted by Crippen LogP contribution is 2.30. The van der Waals surface area contributed by atoms with Gasteiger partial charge in [-0.1, -0.05) is 6.92 Å². The second kappa shape index (κ2) is 5.40. The summed E-state index contributed by atoms with van der Waals surface area (Å²) in [5.41, 5.74) is 2.59. The maximum Gasteiger partial charge on any atom is 0.137 e. The zero-order chi connectivity index (χ0) is 14.1. The Kier molecular flexibility index (Phi) is 3.61. The molecule has 0 aromatic carbocycles. The van der Waals surface area contributed by atoms with Crippen molar-refractivity contribution in [3.8, 4) is 0 Å². The molecule has 0 atom stereocenters. The van der Waals surface area contributed by atoms with E-state index in [1.54, 1.807) is 0 Å². The number of hydrogen-bond acceptors (Lipinski definition) is 5. The Morgan fingerprint density at radius 2 is 2.25 bits per heavy atom. The molecule has 0 amide bonds. The highest BCUT2D eigenvalue weighted by atomic mass is 32.1. The predicted octanol–water partition coefficient (Wildman–Crippen LogP) is 3.01. The monoisotopic (exact) mass is 288 g/mol. The van der Waals surface area contributed by atoms with Crippen molar-refractivity contribution in [2.75, 3.05) is 23.8 Å². The van der Waals surface area contributed by atoms with Gasteiger partial charge >= 0.3 is 0 Å². The van der Waals surface area contributed by atoms with Crippen LogP contribution in [-0.2, 0) is 19.4 Å². The molecule has 5 heteroatoms. The van der Waals surface area contributed by atoms with Gasteiger partial charge in [-0.2, -0.15) is 0 Å². The van der Waals surface area contributed by atoms with E-state index in [2.05, 4.69) is 40.5 Å². The molecule has 4 nitrogen and oxygen atoms in total. The van der Waals surface area contributed by atoms with E-state index in [1.807, 2.05) is 18.4 Å². The molecule has 0 bridgehead atoms. The molecule has 0 spiro atoms. The number of hydrogen-bond donors (Lipinski definition) is 1. The molecule has 0 aliphatic carbocycles. The van der Waals surface area contributed by atoms with Gasteiger partial charge in [0.1, 0.15) is 17.5 Å². The van der Waals surface area contributed by atoms with Crippen LogP contribution in [0.1, 0.15) is 28.8 Å². The lowest BCUT2D eigenvalue weighted by atomic mass is 10.1. The second-order valence-electron chi connectivity index (χ2n) is 5.08. The van der Waals surface area contributed by atoms with Gasteiger partial charge in [0.25, 0.3) is 0 Å². The van der Waals surface area contributed by atoms with Gasteiger partial charge in [-0.15, -0.1) is 11.3 Å². The van der Waals surface area contributed by atoms with Crippen LogP contribution >= 0.6 is 11.3 Å². The topological polar surface area (TPSA) is 41.1 Å². The maximum absolute atomic E-state index is 4.76. The Balaban J connectivity index is 1.98. The van der Waals surface area contributed by atoms with Gasteiger partial charge in [0.2, 0.25) is 0 Å². The Hall–Kier alpha value is -1.62. The van der Waals surface area contributed by atoms with Crippen LogP contribution in [0.4, 0.5) is 11.6 Å². The van der Waals surface area contributed by atoms with Crippen molar-refractivity contribution >= 4 is 23.0 Å². The fourth-order valence-corrected chi connectivity index (χ4v) is 3.58. The third-order valence-electron chi connectivity index (χ3n) is 3.83. The first-order chi connectivity index (χ1) is 9.72. The number of nitrogens with one attached hydrogen (secondary N) is 1. The summed E-state index contributed by atoms with van der Waals surface area (Å²) in [5, 5.41) is 5.38. The van der Waals surface area contributed by atoms with E-state index in [0.29, 0.717) is 0 Å². The van der Waals surface area contributed by atoms with Crippen LogP contribution in [0.5, 0.6) is 0 Å². The molecule has 0 unspecified atom stereocenters. The Labute approximate surface area is 123 Å². The van der Waals surface area contributed by atoms with Crippen molar-refractivity contribution in [1.82, 2.24) is 9.97 Å². The van der Waals surface area contributed by atoms with Crippen LogP contribution in [0, 0.1) is 6.92 Å². The number of fused-ring (bicyclic) bond motifs is 1. The van der Waals surface area contributed by atoms with E-state index in [9.17, 15) is 0 Å². The van der Waals surface area contributed by atoms with Crippen molar-refractivity contribution < 1.29 is 0 Å². The molecule has 0 saturated carbocycles. The smallest absolute Gasteiger partial charge is 0.137 e. The van der Waals surface area contributed by atoms with Gasteiger partial charge in [0.05, 0.1) is 0 Å². The molecule has 20 heavy (non-hydrogen) atoms. The average Bonchev–Trinajstić information content (AvgIpc) is 2.95. The molecule has 3 heterocycles. The summed E-state index contributed by atoms with van der Waals surface area (Å²) in [4.78, 5) is 13.2. The number of anilines is 2. The summed E-state index contributed by atoms with van der Waals surface area (Å²) in [5.74, 6) is 2.94. The summed E-state index contributed by atoms with van der Waals surface area (Å²) in [6, 6.07) is 2.24. The van der Waals surface area contributed by atoms with Crippen LogP contribution in [0.25, 0.3) is 0 Å². The molecule has 0 saturated heterocycles. The third-order valence-corrected chi connectivity index (χ3v) is 4.85. The van der Waals surface area contributed by atoms with Crippen molar-refractivity contribution in [3.63, 3.8) is 0 Å². The number of nitrogens with zero attached hydrogens (tertiary/aromatic N) is 3. The summed E-state index contributed by atoms with van der Waals surface area (Å²) in [7, 11) is 1.92. The van der Waals surface area contributed by atoms with Crippen LogP contribution in [0.3, 0.4) is 0 Å². The summed E-state index contributed by atoms with van der Waals surface area (Å²) in [6.45, 7) is 6.20. The van der Waals surface area contributed by atoms with Gasteiger partial charge in [-0.25, -0.2) is 9.97 Å². The van der Waals surface area contributed by atoms with Crippen LogP contribution in [-0.4, -0.2) is 23.6 Å². The number of aryl methyl sites for hydroxylation is 1. The minimum Gasteiger partial charge on any atom is -0.373 e. The fourth-order valence-electron chi connectivity index (χ4n) is 2.69. The SMILES string of the molecule is CCc1nc(NC)c(C)c(N2CCc3sccc3C2)n1. The Morgan fingerprint density at radius 3 is 3.00 bits per heavy atom. The van der Waals surface area contributed by atoms with Crippen molar-refractivity contribution in [1.29, 1.82) is 0 Å². The first-order valence-corrected chi connectivity index (χ1v) is 7.96. The lowest BCUT2D eigenvalue weighted by molar-refractivity contribution is 0.721. The molecule has 1 aliphatic heterocycles. The molecule has 1 N–H and O–H groups in total. The Morgan fingerprint density at radius 1 is 1.40 bits per heavy atom. The van der Waals surface area contributed by atoms with Crippen LogP contribution in [0.2, 0.25) is 0 Å². The second-order valence-corrected chi connectivity index (χ2v) is 6.08. The molecule has 2 aromatic rings. The lowest BCUT2D eigenvalue weighted by Crippen LogP contribution is -2.31. The van der Waals surface area contributed by atoms with Gasteiger partial charge in [-0.3, -0.25) is 0 Å². The normalized spacial score (nSPS) is 14.2. The first-order valence-electron chi connectivity index (χ1n) is 7.08. The highest BCUT2D eigenvalue weighted by Gasteiger charge is 2.21. The zero-order valence-electron chi connectivity index (χ0n) is 12.2.